The molecule has 2 aliphatic rings. The van der Waals surface area contributed by atoms with E-state index in [0.29, 0.717) is 6.42 Å². The molecule has 5 nitrogen and oxygen atoms in total. The molecule has 25 heavy (non-hydrogen) atoms. The van der Waals surface area contributed by atoms with Crippen LogP contribution in [-0.4, -0.2) is 67.7 Å². The zero-order chi connectivity index (χ0) is 17.7. The maximum Gasteiger partial charge on any atom is 0.306 e. The monoisotopic (exact) mass is 346 g/mol. The summed E-state index contributed by atoms with van der Waals surface area (Å²) in [5.41, 5.74) is 0.581. The van der Waals surface area contributed by atoms with Gasteiger partial charge in [0.15, 0.2) is 5.60 Å². The van der Waals surface area contributed by atoms with Gasteiger partial charge in [0.05, 0.1) is 19.3 Å². The smallest absolute Gasteiger partial charge is 0.306 e. The van der Waals surface area contributed by atoms with Crippen LogP contribution in [0.5, 0.6) is 0 Å². The molecule has 138 valence electrons. The van der Waals surface area contributed by atoms with Crippen LogP contribution in [0.4, 0.5) is 0 Å². The summed E-state index contributed by atoms with van der Waals surface area (Å²) < 4.78 is 11.5. The van der Waals surface area contributed by atoms with E-state index in [1.165, 1.54) is 0 Å². The maximum atomic E-state index is 12.1. The van der Waals surface area contributed by atoms with Crippen LogP contribution in [0.25, 0.3) is 0 Å². The SMILES string of the molecule is CCC(=O)OC1(c2ccccc2)CCN(CCN2CCOCC2)C1C. The van der Waals surface area contributed by atoms with E-state index in [1.807, 2.05) is 25.1 Å². The summed E-state index contributed by atoms with van der Waals surface area (Å²) in [6.07, 6.45) is 1.27. The summed E-state index contributed by atoms with van der Waals surface area (Å²) in [5.74, 6) is -0.120. The fourth-order valence-electron chi connectivity index (χ4n) is 3.98. The Morgan fingerprint density at radius 2 is 1.92 bits per heavy atom. The highest BCUT2D eigenvalue weighted by Crippen LogP contribution is 2.41. The molecule has 2 atom stereocenters. The number of morpholine rings is 1. The lowest BCUT2D eigenvalue weighted by molar-refractivity contribution is -0.163. The Labute approximate surface area is 150 Å². The average molecular weight is 346 g/mol. The number of ether oxygens (including phenoxy) is 2. The Morgan fingerprint density at radius 1 is 1.20 bits per heavy atom. The van der Waals surface area contributed by atoms with Gasteiger partial charge in [0.25, 0.3) is 0 Å². The van der Waals surface area contributed by atoms with Gasteiger partial charge in [-0.25, -0.2) is 0 Å². The van der Waals surface area contributed by atoms with Gasteiger partial charge < -0.3 is 9.47 Å². The van der Waals surface area contributed by atoms with E-state index in [1.54, 1.807) is 0 Å². The van der Waals surface area contributed by atoms with E-state index in [2.05, 4.69) is 28.9 Å². The van der Waals surface area contributed by atoms with Crippen molar-refractivity contribution in [2.75, 3.05) is 45.9 Å². The number of carbonyl (C=O) groups excluding carboxylic acids is 1. The molecule has 1 aromatic carbocycles. The summed E-state index contributed by atoms with van der Waals surface area (Å²) >= 11 is 0. The minimum atomic E-state index is -0.528. The minimum Gasteiger partial charge on any atom is -0.452 e. The van der Waals surface area contributed by atoms with E-state index < -0.39 is 5.60 Å². The highest BCUT2D eigenvalue weighted by molar-refractivity contribution is 5.70. The van der Waals surface area contributed by atoms with Crippen LogP contribution in [0.2, 0.25) is 0 Å². The maximum absolute atomic E-state index is 12.1. The normalized spacial score (nSPS) is 28.2. The van der Waals surface area contributed by atoms with Gasteiger partial charge >= 0.3 is 5.97 Å². The van der Waals surface area contributed by atoms with Gasteiger partial charge in [-0.15, -0.1) is 0 Å². The van der Waals surface area contributed by atoms with Crippen LogP contribution < -0.4 is 0 Å². The fraction of sp³-hybridized carbons (Fsp3) is 0.650. The molecule has 2 fully saturated rings. The van der Waals surface area contributed by atoms with Crippen LogP contribution in [0.15, 0.2) is 30.3 Å². The van der Waals surface area contributed by atoms with Gasteiger partial charge in [0, 0.05) is 45.6 Å². The molecular formula is C20H30N2O3. The van der Waals surface area contributed by atoms with Crippen LogP contribution in [0.3, 0.4) is 0 Å². The van der Waals surface area contributed by atoms with E-state index >= 15 is 0 Å². The molecule has 0 aliphatic carbocycles. The molecule has 0 bridgehead atoms. The number of carbonyl (C=O) groups is 1. The minimum absolute atomic E-state index is 0.120. The number of nitrogens with zero attached hydrogens (tertiary/aromatic N) is 2. The van der Waals surface area contributed by atoms with E-state index in [4.69, 9.17) is 9.47 Å². The fourth-order valence-corrected chi connectivity index (χ4v) is 3.98. The number of rotatable bonds is 6. The van der Waals surface area contributed by atoms with Crippen LogP contribution in [0, 0.1) is 0 Å². The van der Waals surface area contributed by atoms with Gasteiger partial charge in [-0.1, -0.05) is 37.3 Å². The molecule has 5 heteroatoms. The summed E-state index contributed by atoms with van der Waals surface area (Å²) in [5, 5.41) is 0. The highest BCUT2D eigenvalue weighted by atomic mass is 16.6. The number of hydrogen-bond donors (Lipinski definition) is 0. The zero-order valence-corrected chi connectivity index (χ0v) is 15.4. The van der Waals surface area contributed by atoms with Gasteiger partial charge in [-0.2, -0.15) is 0 Å². The van der Waals surface area contributed by atoms with Crippen molar-refractivity contribution in [1.29, 1.82) is 0 Å². The Kier molecular flexibility index (Phi) is 6.10. The zero-order valence-electron chi connectivity index (χ0n) is 15.4. The topological polar surface area (TPSA) is 42.0 Å². The number of benzene rings is 1. The first-order valence-corrected chi connectivity index (χ1v) is 9.47. The van der Waals surface area contributed by atoms with Crippen molar-refractivity contribution in [3.8, 4) is 0 Å². The Balaban J connectivity index is 1.71. The quantitative estimate of drug-likeness (QED) is 0.739. The van der Waals surface area contributed by atoms with Gasteiger partial charge in [0.1, 0.15) is 0 Å². The Bertz CT molecular complexity index is 559. The first-order valence-electron chi connectivity index (χ1n) is 9.47. The van der Waals surface area contributed by atoms with Crippen molar-refractivity contribution < 1.29 is 14.3 Å². The molecule has 0 N–H and O–H groups in total. The van der Waals surface area contributed by atoms with Gasteiger partial charge in [0.2, 0.25) is 0 Å². The van der Waals surface area contributed by atoms with Crippen molar-refractivity contribution in [1.82, 2.24) is 9.80 Å². The summed E-state index contributed by atoms with van der Waals surface area (Å²) in [4.78, 5) is 17.1. The molecule has 0 spiro atoms. The van der Waals surface area contributed by atoms with Crippen molar-refractivity contribution in [3.05, 3.63) is 35.9 Å². The number of likely N-dealkylation sites (tertiary alicyclic amines) is 1. The molecule has 2 unspecified atom stereocenters. The molecule has 2 heterocycles. The molecule has 0 radical (unpaired) electrons. The molecule has 0 aromatic heterocycles. The standard InChI is InChI=1S/C20H30N2O3/c1-3-19(23)25-20(18-7-5-4-6-8-18)9-10-22(17(20)2)12-11-21-13-15-24-16-14-21/h4-8,17H,3,9-16H2,1-2H3. The first kappa shape index (κ1) is 18.4. The van der Waals surface area contributed by atoms with Crippen LogP contribution >= 0.6 is 0 Å². The second-order valence-corrected chi connectivity index (χ2v) is 7.00. The Hall–Kier alpha value is -1.43. The van der Waals surface area contributed by atoms with Gasteiger partial charge in [-0.3, -0.25) is 14.6 Å². The van der Waals surface area contributed by atoms with Crippen LogP contribution in [-0.2, 0) is 19.9 Å². The molecule has 3 rings (SSSR count). The number of hydrogen-bond acceptors (Lipinski definition) is 5. The molecule has 2 saturated heterocycles. The van der Waals surface area contributed by atoms with Crippen LogP contribution in [0.1, 0.15) is 32.3 Å². The van der Waals surface area contributed by atoms with E-state index in [9.17, 15) is 4.79 Å². The molecular weight excluding hydrogens is 316 g/mol. The number of esters is 1. The van der Waals surface area contributed by atoms with Crippen molar-refractivity contribution in [2.45, 2.75) is 38.3 Å². The molecule has 1 aromatic rings. The van der Waals surface area contributed by atoms with E-state index in [-0.39, 0.29) is 12.0 Å². The first-order chi connectivity index (χ1) is 12.2. The predicted octanol–water partition coefficient (Wildman–Crippen LogP) is 2.26. The summed E-state index contributed by atoms with van der Waals surface area (Å²) in [6, 6.07) is 10.4. The molecule has 0 amide bonds. The van der Waals surface area contributed by atoms with E-state index in [0.717, 1.165) is 57.9 Å². The Morgan fingerprint density at radius 3 is 2.60 bits per heavy atom. The summed E-state index contributed by atoms with van der Waals surface area (Å²) in [7, 11) is 0. The third-order valence-corrected chi connectivity index (χ3v) is 5.65. The highest BCUT2D eigenvalue weighted by Gasteiger charge is 2.49. The second-order valence-electron chi connectivity index (χ2n) is 7.00. The third kappa shape index (κ3) is 4.05. The lowest BCUT2D eigenvalue weighted by Gasteiger charge is -2.37. The lowest BCUT2D eigenvalue weighted by atomic mass is 9.87. The average Bonchev–Trinajstić information content (AvgIpc) is 2.98. The van der Waals surface area contributed by atoms with Crippen molar-refractivity contribution in [2.24, 2.45) is 0 Å². The third-order valence-electron chi connectivity index (χ3n) is 5.65. The van der Waals surface area contributed by atoms with Crippen molar-refractivity contribution in [3.63, 3.8) is 0 Å². The molecule has 2 aliphatic heterocycles. The second kappa shape index (κ2) is 8.30. The largest absolute Gasteiger partial charge is 0.452 e. The molecule has 0 saturated carbocycles. The predicted molar refractivity (Wildman–Crippen MR) is 97.4 cm³/mol. The van der Waals surface area contributed by atoms with Crippen molar-refractivity contribution >= 4 is 5.97 Å². The lowest BCUT2D eigenvalue weighted by Crippen LogP contribution is -2.47. The van der Waals surface area contributed by atoms with Gasteiger partial charge in [-0.05, 0) is 12.5 Å². The summed E-state index contributed by atoms with van der Waals surface area (Å²) in [6.45, 7) is 10.7.